The highest BCUT2D eigenvalue weighted by molar-refractivity contribution is 9.10. The number of nitrogens with two attached hydrogens (primary N) is 1. The predicted octanol–water partition coefficient (Wildman–Crippen LogP) is 2.05. The molecule has 1 atom stereocenters. The van der Waals surface area contributed by atoms with Gasteiger partial charge in [0, 0.05) is 4.47 Å². The number of nitrogens with zero attached hydrogens (tertiary/aromatic N) is 3. The van der Waals surface area contributed by atoms with E-state index in [0.717, 1.165) is 16.0 Å². The molecule has 1 unspecified atom stereocenters. The van der Waals surface area contributed by atoms with Gasteiger partial charge in [0.1, 0.15) is 6.33 Å². The summed E-state index contributed by atoms with van der Waals surface area (Å²) >= 11 is 3.48. The molecule has 0 aliphatic heterocycles. The van der Waals surface area contributed by atoms with Crippen LogP contribution < -0.4 is 5.73 Å². The van der Waals surface area contributed by atoms with Crippen LogP contribution in [0.15, 0.2) is 35.1 Å². The van der Waals surface area contributed by atoms with E-state index < -0.39 is 0 Å². The number of hydrogen-bond acceptors (Lipinski definition) is 3. The Kier molecular flexibility index (Phi) is 2.83. The molecule has 1 aromatic carbocycles. The molecule has 15 heavy (non-hydrogen) atoms. The third kappa shape index (κ3) is 1.93. The van der Waals surface area contributed by atoms with Gasteiger partial charge in [-0.25, -0.2) is 0 Å². The second-order valence-corrected chi connectivity index (χ2v) is 4.15. The van der Waals surface area contributed by atoms with Crippen molar-refractivity contribution in [3.05, 3.63) is 40.9 Å². The third-order valence-corrected chi connectivity index (χ3v) is 2.76. The van der Waals surface area contributed by atoms with Gasteiger partial charge in [-0.15, -0.1) is 10.2 Å². The van der Waals surface area contributed by atoms with Crippen LogP contribution in [-0.4, -0.2) is 14.8 Å². The van der Waals surface area contributed by atoms with Crippen LogP contribution in [0.3, 0.4) is 0 Å². The second-order valence-electron chi connectivity index (χ2n) is 3.30. The first kappa shape index (κ1) is 10.3. The van der Waals surface area contributed by atoms with Crippen LogP contribution in [0.5, 0.6) is 0 Å². The molecule has 0 saturated heterocycles. The van der Waals surface area contributed by atoms with Crippen molar-refractivity contribution in [1.82, 2.24) is 14.8 Å². The van der Waals surface area contributed by atoms with E-state index in [2.05, 4.69) is 26.1 Å². The average molecular weight is 267 g/mol. The zero-order valence-electron chi connectivity index (χ0n) is 8.26. The maximum atomic E-state index is 5.81. The highest BCUT2D eigenvalue weighted by Gasteiger charge is 2.11. The SMILES string of the molecule is CC(N)c1nncn1-c1ccccc1Br. The van der Waals surface area contributed by atoms with E-state index in [9.17, 15) is 0 Å². The van der Waals surface area contributed by atoms with Gasteiger partial charge in [-0.1, -0.05) is 12.1 Å². The number of benzene rings is 1. The Morgan fingerprint density at radius 2 is 2.13 bits per heavy atom. The fourth-order valence-corrected chi connectivity index (χ4v) is 1.86. The van der Waals surface area contributed by atoms with Crippen LogP contribution in [0, 0.1) is 0 Å². The van der Waals surface area contributed by atoms with E-state index in [1.165, 1.54) is 0 Å². The first-order valence-electron chi connectivity index (χ1n) is 4.60. The molecule has 2 N–H and O–H groups in total. The summed E-state index contributed by atoms with van der Waals surface area (Å²) in [5.74, 6) is 0.752. The molecule has 0 amide bonds. The number of aromatic nitrogens is 3. The van der Waals surface area contributed by atoms with Crippen molar-refractivity contribution in [1.29, 1.82) is 0 Å². The number of para-hydroxylation sites is 1. The predicted molar refractivity (Wildman–Crippen MR) is 61.7 cm³/mol. The lowest BCUT2D eigenvalue weighted by molar-refractivity contribution is 0.714. The molecule has 0 aliphatic carbocycles. The van der Waals surface area contributed by atoms with Crippen molar-refractivity contribution < 1.29 is 0 Å². The largest absolute Gasteiger partial charge is 0.322 e. The summed E-state index contributed by atoms with van der Waals surface area (Å²) in [7, 11) is 0. The first-order valence-corrected chi connectivity index (χ1v) is 5.40. The van der Waals surface area contributed by atoms with Crippen LogP contribution in [-0.2, 0) is 0 Å². The Hall–Kier alpha value is -1.20. The molecule has 1 heterocycles. The molecule has 0 spiro atoms. The summed E-state index contributed by atoms with van der Waals surface area (Å²) in [6.07, 6.45) is 1.67. The van der Waals surface area contributed by atoms with Crippen molar-refractivity contribution in [2.24, 2.45) is 5.73 Å². The van der Waals surface area contributed by atoms with Gasteiger partial charge < -0.3 is 5.73 Å². The lowest BCUT2D eigenvalue weighted by atomic mass is 10.3. The highest BCUT2D eigenvalue weighted by Crippen LogP contribution is 2.22. The van der Waals surface area contributed by atoms with Crippen molar-refractivity contribution >= 4 is 15.9 Å². The van der Waals surface area contributed by atoms with Crippen molar-refractivity contribution in [3.8, 4) is 5.69 Å². The van der Waals surface area contributed by atoms with Crippen molar-refractivity contribution in [2.75, 3.05) is 0 Å². The Bertz CT molecular complexity index is 464. The topological polar surface area (TPSA) is 56.7 Å². The van der Waals surface area contributed by atoms with Crippen LogP contribution in [0.4, 0.5) is 0 Å². The van der Waals surface area contributed by atoms with E-state index in [0.29, 0.717) is 0 Å². The van der Waals surface area contributed by atoms with Gasteiger partial charge in [-0.3, -0.25) is 4.57 Å². The molecular weight excluding hydrogens is 256 g/mol. The molecule has 2 aromatic rings. The molecule has 5 heteroatoms. The van der Waals surface area contributed by atoms with Gasteiger partial charge in [0.25, 0.3) is 0 Å². The number of halogens is 1. The van der Waals surface area contributed by atoms with Crippen LogP contribution in [0.1, 0.15) is 18.8 Å². The van der Waals surface area contributed by atoms with E-state index in [-0.39, 0.29) is 6.04 Å². The molecule has 0 saturated carbocycles. The van der Waals surface area contributed by atoms with Gasteiger partial charge >= 0.3 is 0 Å². The molecule has 0 fully saturated rings. The van der Waals surface area contributed by atoms with Gasteiger partial charge in [-0.2, -0.15) is 0 Å². The maximum absolute atomic E-state index is 5.81. The Labute approximate surface area is 96.3 Å². The summed E-state index contributed by atoms with van der Waals surface area (Å²) in [4.78, 5) is 0. The summed E-state index contributed by atoms with van der Waals surface area (Å²) in [6.45, 7) is 1.89. The zero-order chi connectivity index (χ0) is 10.8. The molecule has 2 rings (SSSR count). The minimum absolute atomic E-state index is 0.139. The molecular formula is C10H11BrN4. The smallest absolute Gasteiger partial charge is 0.154 e. The average Bonchev–Trinajstić information content (AvgIpc) is 2.67. The highest BCUT2D eigenvalue weighted by atomic mass is 79.9. The maximum Gasteiger partial charge on any atom is 0.154 e. The summed E-state index contributed by atoms with van der Waals surface area (Å²) in [5.41, 5.74) is 6.80. The van der Waals surface area contributed by atoms with E-state index >= 15 is 0 Å². The summed E-state index contributed by atoms with van der Waals surface area (Å²) < 4.78 is 2.88. The van der Waals surface area contributed by atoms with Crippen LogP contribution in [0.25, 0.3) is 5.69 Å². The Balaban J connectivity index is 2.55. The third-order valence-electron chi connectivity index (χ3n) is 2.09. The summed E-state index contributed by atoms with van der Waals surface area (Å²) in [5, 5.41) is 7.87. The van der Waals surface area contributed by atoms with Gasteiger partial charge in [-0.05, 0) is 35.0 Å². The molecule has 0 radical (unpaired) electrons. The van der Waals surface area contributed by atoms with Crippen LogP contribution in [0.2, 0.25) is 0 Å². The lowest BCUT2D eigenvalue weighted by Crippen LogP contribution is -2.12. The van der Waals surface area contributed by atoms with Crippen molar-refractivity contribution in [3.63, 3.8) is 0 Å². The standard InChI is InChI=1S/C10H11BrN4/c1-7(12)10-14-13-6-15(10)9-5-3-2-4-8(9)11/h2-7H,12H2,1H3. The van der Waals surface area contributed by atoms with E-state index in [4.69, 9.17) is 5.73 Å². The quantitative estimate of drug-likeness (QED) is 0.905. The normalized spacial score (nSPS) is 12.7. The van der Waals surface area contributed by atoms with Gasteiger partial charge in [0.2, 0.25) is 0 Å². The molecule has 0 aliphatic rings. The Morgan fingerprint density at radius 1 is 1.40 bits per heavy atom. The minimum atomic E-state index is -0.139. The lowest BCUT2D eigenvalue weighted by Gasteiger charge is -2.10. The Morgan fingerprint density at radius 3 is 2.80 bits per heavy atom. The minimum Gasteiger partial charge on any atom is -0.322 e. The van der Waals surface area contributed by atoms with Crippen molar-refractivity contribution in [2.45, 2.75) is 13.0 Å². The molecule has 1 aromatic heterocycles. The van der Waals surface area contributed by atoms with Gasteiger partial charge in [0.15, 0.2) is 5.82 Å². The fourth-order valence-electron chi connectivity index (χ4n) is 1.39. The fraction of sp³-hybridized carbons (Fsp3) is 0.200. The first-order chi connectivity index (χ1) is 7.20. The molecule has 4 nitrogen and oxygen atoms in total. The molecule has 78 valence electrons. The van der Waals surface area contributed by atoms with Crippen LogP contribution >= 0.6 is 15.9 Å². The zero-order valence-corrected chi connectivity index (χ0v) is 9.85. The number of hydrogen-bond donors (Lipinski definition) is 1. The molecule has 0 bridgehead atoms. The van der Waals surface area contributed by atoms with E-state index in [1.54, 1.807) is 6.33 Å². The van der Waals surface area contributed by atoms with E-state index in [1.807, 2.05) is 35.8 Å². The monoisotopic (exact) mass is 266 g/mol. The summed E-state index contributed by atoms with van der Waals surface area (Å²) in [6, 6.07) is 7.74. The number of rotatable bonds is 2. The van der Waals surface area contributed by atoms with Gasteiger partial charge in [0.05, 0.1) is 11.7 Å². The second kappa shape index (κ2) is 4.12.